The number of anilines is 2. The minimum Gasteiger partial charge on any atom is -0.461 e. The van der Waals surface area contributed by atoms with Gasteiger partial charge in [0.1, 0.15) is 17.7 Å². The predicted octanol–water partition coefficient (Wildman–Crippen LogP) is 6.63. The molecule has 1 aliphatic heterocycles. The quantitative estimate of drug-likeness (QED) is 0.223. The van der Waals surface area contributed by atoms with E-state index in [0.29, 0.717) is 44.7 Å². The minimum atomic E-state index is -0.868. The van der Waals surface area contributed by atoms with E-state index < -0.39 is 23.7 Å². The molecule has 1 saturated carbocycles. The van der Waals surface area contributed by atoms with Gasteiger partial charge in [-0.15, -0.1) is 0 Å². The van der Waals surface area contributed by atoms with Crippen LogP contribution in [0.3, 0.4) is 0 Å². The normalized spacial score (nSPS) is 18.4. The van der Waals surface area contributed by atoms with Crippen LogP contribution < -0.4 is 16.4 Å². The van der Waals surface area contributed by atoms with Crippen molar-refractivity contribution in [3.8, 4) is 11.3 Å². The minimum absolute atomic E-state index is 0.151. The first-order valence-corrected chi connectivity index (χ1v) is 16.5. The highest BCUT2D eigenvalue weighted by Crippen LogP contribution is 2.29. The number of rotatable bonds is 8. The first-order chi connectivity index (χ1) is 22.4. The average molecular weight is 684 g/mol. The largest absolute Gasteiger partial charge is 0.461 e. The maximum atomic E-state index is 13.5. The Balaban J connectivity index is 1.28. The highest BCUT2D eigenvalue weighted by atomic mass is 35.5. The number of amides is 2. The standard InChI is InChI=1S/C34H40Cl2N6O5/c1-34(2,3)47-33(45)42-15-14-22(17-28(42)32(44)46-23-10-4-5-11-23)40-31(43)21-9-6-8-20(16-21)27-19-38-29(37)30(41-27)39-18-24-25(35)12-7-13-26(24)36/h6-9,12-13,16,19,22-23,28H,4-5,10-11,14-15,17-18H2,1-3H3,(H2,37,38)(H,39,41)(H,40,43). The molecule has 3 aromatic rings. The molecule has 1 aromatic heterocycles. The van der Waals surface area contributed by atoms with E-state index in [1.165, 1.54) is 11.1 Å². The van der Waals surface area contributed by atoms with Gasteiger partial charge in [0.2, 0.25) is 0 Å². The molecule has 0 spiro atoms. The van der Waals surface area contributed by atoms with Crippen molar-refractivity contribution in [2.24, 2.45) is 0 Å². The summed E-state index contributed by atoms with van der Waals surface area (Å²) in [5.41, 5.74) is 7.63. The molecule has 4 N–H and O–H groups in total. The van der Waals surface area contributed by atoms with Crippen molar-refractivity contribution < 1.29 is 23.9 Å². The zero-order chi connectivity index (χ0) is 33.7. The monoisotopic (exact) mass is 682 g/mol. The predicted molar refractivity (Wildman–Crippen MR) is 181 cm³/mol. The summed E-state index contributed by atoms with van der Waals surface area (Å²) in [5.74, 6) is -0.238. The number of nitrogens with two attached hydrogens (primary N) is 1. The molecule has 2 heterocycles. The molecule has 0 bridgehead atoms. The number of piperidine rings is 1. The van der Waals surface area contributed by atoms with Crippen molar-refractivity contribution >= 4 is 52.8 Å². The van der Waals surface area contributed by atoms with Crippen molar-refractivity contribution in [3.63, 3.8) is 0 Å². The molecule has 2 fully saturated rings. The molecule has 250 valence electrons. The third-order valence-electron chi connectivity index (χ3n) is 8.14. The van der Waals surface area contributed by atoms with Crippen LogP contribution in [0.4, 0.5) is 16.4 Å². The van der Waals surface area contributed by atoms with Gasteiger partial charge in [0.05, 0.1) is 11.9 Å². The third-order valence-corrected chi connectivity index (χ3v) is 8.85. The van der Waals surface area contributed by atoms with Crippen LogP contribution in [-0.4, -0.2) is 63.2 Å². The lowest BCUT2D eigenvalue weighted by Crippen LogP contribution is -2.56. The number of benzene rings is 2. The Bertz CT molecular complexity index is 1600. The molecule has 0 radical (unpaired) electrons. The van der Waals surface area contributed by atoms with E-state index in [1.807, 2.05) is 6.07 Å². The van der Waals surface area contributed by atoms with Crippen molar-refractivity contribution in [1.29, 1.82) is 0 Å². The second-order valence-electron chi connectivity index (χ2n) is 12.9. The van der Waals surface area contributed by atoms with Gasteiger partial charge in [0.15, 0.2) is 11.6 Å². The molecule has 13 heteroatoms. The van der Waals surface area contributed by atoms with Crippen molar-refractivity contribution in [3.05, 3.63) is 69.8 Å². The number of hydrogen-bond acceptors (Lipinski definition) is 9. The van der Waals surface area contributed by atoms with E-state index in [9.17, 15) is 14.4 Å². The molecule has 47 heavy (non-hydrogen) atoms. The summed E-state index contributed by atoms with van der Waals surface area (Å²) >= 11 is 12.6. The molecule has 1 saturated heterocycles. The Labute approximate surface area is 284 Å². The molecule has 2 amide bonds. The van der Waals surface area contributed by atoms with Gasteiger partial charge >= 0.3 is 12.1 Å². The van der Waals surface area contributed by atoms with Crippen LogP contribution in [0.1, 0.15) is 75.2 Å². The Morgan fingerprint density at radius 3 is 2.45 bits per heavy atom. The fourth-order valence-electron chi connectivity index (χ4n) is 5.74. The summed E-state index contributed by atoms with van der Waals surface area (Å²) < 4.78 is 11.4. The van der Waals surface area contributed by atoms with Gasteiger partial charge in [-0.1, -0.05) is 41.4 Å². The van der Waals surface area contributed by atoms with Crippen LogP contribution in [0.2, 0.25) is 10.0 Å². The van der Waals surface area contributed by atoms with Crippen LogP contribution in [0.15, 0.2) is 48.7 Å². The topological polar surface area (TPSA) is 149 Å². The van der Waals surface area contributed by atoms with E-state index in [2.05, 4.69) is 20.6 Å². The Morgan fingerprint density at radius 2 is 1.74 bits per heavy atom. The summed E-state index contributed by atoms with van der Waals surface area (Å²) in [6, 6.07) is 11.0. The number of halogens is 2. The van der Waals surface area contributed by atoms with Crippen molar-refractivity contribution in [2.45, 2.75) is 89.6 Å². The van der Waals surface area contributed by atoms with Gasteiger partial charge in [0.25, 0.3) is 5.91 Å². The number of ether oxygens (including phenoxy) is 2. The van der Waals surface area contributed by atoms with Gasteiger partial charge < -0.3 is 25.8 Å². The van der Waals surface area contributed by atoms with Crippen molar-refractivity contribution in [1.82, 2.24) is 20.2 Å². The SMILES string of the molecule is CC(C)(C)OC(=O)N1CCC(NC(=O)c2cccc(-c3cnc(N)c(NCc4c(Cl)cccc4Cl)n3)c2)CC1C(=O)OC1CCCC1. The third kappa shape index (κ3) is 8.84. The van der Waals surface area contributed by atoms with Crippen LogP contribution in [0, 0.1) is 0 Å². The summed E-state index contributed by atoms with van der Waals surface area (Å²) in [4.78, 5) is 50.2. The lowest BCUT2D eigenvalue weighted by molar-refractivity contribution is -0.156. The van der Waals surface area contributed by atoms with Gasteiger partial charge in [-0.3, -0.25) is 9.69 Å². The number of likely N-dealkylation sites (tertiary alicyclic amines) is 1. The highest BCUT2D eigenvalue weighted by Gasteiger charge is 2.40. The van der Waals surface area contributed by atoms with E-state index in [1.54, 1.807) is 57.2 Å². The second kappa shape index (κ2) is 14.8. The second-order valence-corrected chi connectivity index (χ2v) is 13.7. The number of nitrogens with one attached hydrogen (secondary N) is 2. The summed E-state index contributed by atoms with van der Waals surface area (Å²) in [5, 5.41) is 7.23. The molecule has 5 rings (SSSR count). The van der Waals surface area contributed by atoms with E-state index in [-0.39, 0.29) is 43.4 Å². The van der Waals surface area contributed by atoms with Gasteiger partial charge in [0, 0.05) is 45.9 Å². The zero-order valence-electron chi connectivity index (χ0n) is 26.7. The Morgan fingerprint density at radius 1 is 1.04 bits per heavy atom. The molecule has 2 aromatic carbocycles. The van der Waals surface area contributed by atoms with Crippen LogP contribution in [0.5, 0.6) is 0 Å². The van der Waals surface area contributed by atoms with E-state index in [0.717, 1.165) is 25.7 Å². The number of carbonyl (C=O) groups is 3. The summed E-state index contributed by atoms with van der Waals surface area (Å²) in [6.07, 6.45) is 5.11. The molecular formula is C34H40Cl2N6O5. The zero-order valence-corrected chi connectivity index (χ0v) is 28.2. The van der Waals surface area contributed by atoms with Crippen LogP contribution >= 0.6 is 23.2 Å². The first-order valence-electron chi connectivity index (χ1n) is 15.8. The van der Waals surface area contributed by atoms with E-state index in [4.69, 9.17) is 38.4 Å². The lowest BCUT2D eigenvalue weighted by atomic mass is 9.96. The number of carbonyl (C=O) groups excluding carboxylic acids is 3. The van der Waals surface area contributed by atoms with Gasteiger partial charge in [-0.25, -0.2) is 19.6 Å². The number of nitrogen functional groups attached to an aromatic ring is 1. The maximum absolute atomic E-state index is 13.5. The fourth-order valence-corrected chi connectivity index (χ4v) is 6.27. The molecule has 2 aliphatic rings. The fraction of sp³-hybridized carbons (Fsp3) is 0.441. The molecule has 1 aliphatic carbocycles. The first kappa shape index (κ1) is 34.3. The number of esters is 1. The molecule has 2 unspecified atom stereocenters. The smallest absolute Gasteiger partial charge is 0.411 e. The highest BCUT2D eigenvalue weighted by molar-refractivity contribution is 6.36. The van der Waals surface area contributed by atoms with Crippen LogP contribution in [0.25, 0.3) is 11.3 Å². The average Bonchev–Trinajstić information content (AvgIpc) is 3.54. The Hall–Kier alpha value is -4.09. The number of nitrogens with zero attached hydrogens (tertiary/aromatic N) is 3. The van der Waals surface area contributed by atoms with Crippen LogP contribution in [-0.2, 0) is 20.8 Å². The Kier molecular flexibility index (Phi) is 10.8. The molecular weight excluding hydrogens is 643 g/mol. The lowest BCUT2D eigenvalue weighted by Gasteiger charge is -2.39. The van der Waals surface area contributed by atoms with Gasteiger partial charge in [-0.05, 0) is 83.6 Å². The molecule has 11 nitrogen and oxygen atoms in total. The number of hydrogen-bond donors (Lipinski definition) is 3. The summed E-state index contributed by atoms with van der Waals surface area (Å²) in [6.45, 7) is 5.86. The summed E-state index contributed by atoms with van der Waals surface area (Å²) in [7, 11) is 0. The van der Waals surface area contributed by atoms with Gasteiger partial charge in [-0.2, -0.15) is 0 Å². The van der Waals surface area contributed by atoms with Crippen molar-refractivity contribution in [2.75, 3.05) is 17.6 Å². The number of aromatic nitrogens is 2. The molecule has 2 atom stereocenters. The maximum Gasteiger partial charge on any atom is 0.411 e. The van der Waals surface area contributed by atoms with E-state index >= 15 is 0 Å².